The van der Waals surface area contributed by atoms with Gasteiger partial charge in [-0.15, -0.1) is 0 Å². The van der Waals surface area contributed by atoms with E-state index >= 15 is 0 Å². The van der Waals surface area contributed by atoms with Crippen LogP contribution >= 0.6 is 0 Å². The number of ether oxygens (including phenoxy) is 1. The zero-order valence-electron chi connectivity index (χ0n) is 11.3. The molecule has 20 heavy (non-hydrogen) atoms. The minimum atomic E-state index is -2.74. The zero-order chi connectivity index (χ0) is 15.1. The monoisotopic (exact) mass is 290 g/mol. The predicted molar refractivity (Wildman–Crippen MR) is 65.3 cm³/mol. The van der Waals surface area contributed by atoms with Crippen LogP contribution in [0.15, 0.2) is 12.3 Å². The normalized spacial score (nSPS) is 41.4. The molecule has 0 spiro atoms. The highest BCUT2D eigenvalue weighted by Crippen LogP contribution is 2.46. The molecule has 1 amide bonds. The predicted octanol–water partition coefficient (Wildman–Crippen LogP) is -1.00. The molecule has 0 aliphatic carbocycles. The van der Waals surface area contributed by atoms with Gasteiger partial charge in [-0.2, -0.15) is 0 Å². The van der Waals surface area contributed by atoms with Crippen molar-refractivity contribution in [3.8, 4) is 0 Å². The summed E-state index contributed by atoms with van der Waals surface area (Å²) in [4.78, 5) is 12.2. The quantitative estimate of drug-likeness (QED) is 0.532. The molecule has 2 aliphatic rings. The van der Waals surface area contributed by atoms with Crippen LogP contribution < -0.4 is 5.32 Å². The Morgan fingerprint density at radius 2 is 2.30 bits per heavy atom. The van der Waals surface area contributed by atoms with Gasteiger partial charge in [0.25, 0.3) is 0 Å². The van der Waals surface area contributed by atoms with E-state index in [-0.39, 0.29) is 0 Å². The number of alkyl halides is 1. The number of hydrogen-bond acceptors (Lipinski definition) is 6. The number of nitrogens with one attached hydrogen (secondary N) is 1. The van der Waals surface area contributed by atoms with E-state index in [4.69, 9.17) is 4.74 Å². The van der Waals surface area contributed by atoms with Gasteiger partial charge < -0.3 is 30.3 Å². The van der Waals surface area contributed by atoms with E-state index in [1.165, 1.54) is 11.1 Å². The maximum absolute atomic E-state index is 14.4. The van der Waals surface area contributed by atoms with Gasteiger partial charge in [0, 0.05) is 12.3 Å². The molecule has 0 aromatic rings. The second-order valence-corrected chi connectivity index (χ2v) is 5.38. The molecule has 1 saturated heterocycles. The lowest BCUT2D eigenvalue weighted by Crippen LogP contribution is -2.55. The number of amides is 1. The number of hydrogen-bond donors (Lipinski definition) is 4. The Hall–Kier alpha value is -1.22. The molecule has 1 unspecified atom stereocenters. The maximum atomic E-state index is 14.4. The zero-order valence-corrected chi connectivity index (χ0v) is 11.3. The molecular weight excluding hydrogens is 271 g/mol. The Morgan fingerprint density at radius 3 is 2.75 bits per heavy atom. The Kier molecular flexibility index (Phi) is 3.76. The average molecular weight is 290 g/mol. The van der Waals surface area contributed by atoms with E-state index in [1.54, 1.807) is 13.8 Å². The van der Waals surface area contributed by atoms with Gasteiger partial charge in [-0.3, -0.25) is 4.79 Å². The lowest BCUT2D eigenvalue weighted by Gasteiger charge is -2.38. The first kappa shape index (κ1) is 15.2. The van der Waals surface area contributed by atoms with E-state index in [0.717, 1.165) is 6.08 Å². The molecule has 2 heterocycles. The number of halogens is 1. The molecule has 114 valence electrons. The molecule has 7 nitrogen and oxygen atoms in total. The van der Waals surface area contributed by atoms with Crippen molar-refractivity contribution in [2.75, 3.05) is 6.61 Å². The fourth-order valence-corrected chi connectivity index (χ4v) is 2.60. The van der Waals surface area contributed by atoms with Crippen molar-refractivity contribution in [3.63, 3.8) is 0 Å². The molecule has 0 aromatic heterocycles. The second-order valence-electron chi connectivity index (χ2n) is 5.38. The summed E-state index contributed by atoms with van der Waals surface area (Å²) in [6, 6.07) is 0. The summed E-state index contributed by atoms with van der Waals surface area (Å²) in [5.74, 6) is -3.72. The smallest absolute Gasteiger partial charge is 0.248 e. The van der Waals surface area contributed by atoms with Crippen molar-refractivity contribution in [1.29, 1.82) is 0 Å². The molecule has 2 aliphatic heterocycles. The van der Waals surface area contributed by atoms with Crippen LogP contribution in [0.4, 0.5) is 4.39 Å². The van der Waals surface area contributed by atoms with Gasteiger partial charge in [0.15, 0.2) is 5.60 Å². The van der Waals surface area contributed by atoms with Crippen LogP contribution in [0.2, 0.25) is 0 Å². The highest BCUT2D eigenvalue weighted by Gasteiger charge is 2.63. The van der Waals surface area contributed by atoms with Crippen LogP contribution in [-0.2, 0) is 9.53 Å². The van der Waals surface area contributed by atoms with Crippen molar-refractivity contribution in [2.45, 2.75) is 44.3 Å². The molecule has 0 bridgehead atoms. The summed E-state index contributed by atoms with van der Waals surface area (Å²) < 4.78 is 19.9. The SMILES string of the molecule is CC(C)[C@]1(CO)O[C@@H](N2C=CC(=O)NC2O)C[C@]1(O)F. The van der Waals surface area contributed by atoms with E-state index in [2.05, 4.69) is 5.32 Å². The number of carbonyl (C=O) groups excluding carboxylic acids is 1. The lowest BCUT2D eigenvalue weighted by molar-refractivity contribution is -0.243. The summed E-state index contributed by atoms with van der Waals surface area (Å²) >= 11 is 0. The first-order chi connectivity index (χ1) is 9.23. The average Bonchev–Trinajstić information content (AvgIpc) is 2.61. The maximum Gasteiger partial charge on any atom is 0.248 e. The van der Waals surface area contributed by atoms with Crippen molar-refractivity contribution in [3.05, 3.63) is 12.3 Å². The van der Waals surface area contributed by atoms with Gasteiger partial charge in [-0.25, -0.2) is 4.39 Å². The van der Waals surface area contributed by atoms with Crippen LogP contribution in [0.25, 0.3) is 0 Å². The van der Waals surface area contributed by atoms with Crippen molar-refractivity contribution >= 4 is 5.91 Å². The molecular formula is C12H19FN2O5. The first-order valence-corrected chi connectivity index (χ1v) is 6.37. The van der Waals surface area contributed by atoms with Crippen LogP contribution in [0.3, 0.4) is 0 Å². The third-order valence-electron chi connectivity index (χ3n) is 3.89. The Balaban J connectivity index is 2.26. The summed E-state index contributed by atoms with van der Waals surface area (Å²) in [5, 5.41) is 31.4. The highest BCUT2D eigenvalue weighted by molar-refractivity contribution is 5.88. The Labute approximate surface area is 115 Å². The van der Waals surface area contributed by atoms with Crippen LogP contribution in [0, 0.1) is 5.92 Å². The summed E-state index contributed by atoms with van der Waals surface area (Å²) in [5.41, 5.74) is -1.77. The molecule has 8 heteroatoms. The van der Waals surface area contributed by atoms with Crippen molar-refractivity contribution in [2.24, 2.45) is 5.92 Å². The van der Waals surface area contributed by atoms with Gasteiger partial charge in [0.2, 0.25) is 18.1 Å². The van der Waals surface area contributed by atoms with Crippen LogP contribution in [0.5, 0.6) is 0 Å². The number of aliphatic hydroxyl groups is 3. The fraction of sp³-hybridized carbons (Fsp3) is 0.750. The lowest BCUT2D eigenvalue weighted by atomic mass is 9.84. The van der Waals surface area contributed by atoms with E-state index < -0.39 is 48.9 Å². The van der Waals surface area contributed by atoms with E-state index in [1.807, 2.05) is 0 Å². The van der Waals surface area contributed by atoms with Gasteiger partial charge in [0.05, 0.1) is 13.0 Å². The Bertz CT molecular complexity index is 428. The fourth-order valence-electron chi connectivity index (χ4n) is 2.60. The van der Waals surface area contributed by atoms with E-state index in [0.29, 0.717) is 0 Å². The molecule has 1 fully saturated rings. The molecule has 0 saturated carbocycles. The Morgan fingerprint density at radius 1 is 1.65 bits per heavy atom. The molecule has 2 rings (SSSR count). The molecule has 0 radical (unpaired) electrons. The van der Waals surface area contributed by atoms with Gasteiger partial charge in [-0.05, 0) is 5.92 Å². The molecule has 4 atom stereocenters. The molecule has 0 aromatic carbocycles. The largest absolute Gasteiger partial charge is 0.393 e. The number of nitrogens with zero attached hydrogens (tertiary/aromatic N) is 1. The van der Waals surface area contributed by atoms with Gasteiger partial charge in [0.1, 0.15) is 6.23 Å². The summed E-state index contributed by atoms with van der Waals surface area (Å²) in [7, 11) is 0. The third kappa shape index (κ3) is 2.18. The van der Waals surface area contributed by atoms with Gasteiger partial charge in [-0.1, -0.05) is 13.8 Å². The van der Waals surface area contributed by atoms with Crippen LogP contribution in [0.1, 0.15) is 20.3 Å². The number of aliphatic hydroxyl groups excluding tert-OH is 2. The van der Waals surface area contributed by atoms with Crippen molar-refractivity contribution < 1.29 is 29.2 Å². The highest BCUT2D eigenvalue weighted by atomic mass is 19.2. The van der Waals surface area contributed by atoms with E-state index in [9.17, 15) is 24.5 Å². The first-order valence-electron chi connectivity index (χ1n) is 6.37. The van der Waals surface area contributed by atoms with Crippen molar-refractivity contribution in [1.82, 2.24) is 10.2 Å². The third-order valence-corrected chi connectivity index (χ3v) is 3.89. The van der Waals surface area contributed by atoms with Crippen LogP contribution in [-0.4, -0.2) is 56.8 Å². The minimum absolute atomic E-state index is 0.455. The number of carbonyl (C=O) groups is 1. The van der Waals surface area contributed by atoms with Gasteiger partial charge >= 0.3 is 0 Å². The summed E-state index contributed by atoms with van der Waals surface area (Å²) in [6.07, 6.45) is -0.427. The second kappa shape index (κ2) is 4.96. The summed E-state index contributed by atoms with van der Waals surface area (Å²) in [6.45, 7) is 2.54. The topological polar surface area (TPSA) is 102 Å². The standard InChI is InChI=1S/C12H19FN2O5/c1-7(2)11(6-16)12(13,19)5-9(20-11)15-4-3-8(17)14-10(15)18/h3-4,7,9-10,16,18-19H,5-6H2,1-2H3,(H,14,17)/t9-,10?,11+,12-/m1/s1. The minimum Gasteiger partial charge on any atom is -0.393 e. The molecule has 4 N–H and O–H groups in total. The number of rotatable bonds is 3.